The highest BCUT2D eigenvalue weighted by Gasteiger charge is 2.29. The number of hydrogen-bond acceptors (Lipinski definition) is 5. The van der Waals surface area contributed by atoms with Gasteiger partial charge in [-0.3, -0.25) is 4.79 Å². The number of aryl methyl sites for hydroxylation is 1. The van der Waals surface area contributed by atoms with Crippen molar-refractivity contribution < 1.29 is 14.6 Å². The summed E-state index contributed by atoms with van der Waals surface area (Å²) in [5, 5.41) is 10.3. The normalized spacial score (nSPS) is 17.7. The number of carboxylic acid groups (broad SMARTS) is 1. The number of morpholine rings is 1. The molecule has 2 heterocycles. The van der Waals surface area contributed by atoms with Gasteiger partial charge in [0, 0.05) is 35.1 Å². The molecular formula is C24H34N2O3S. The number of hydrogen-bond donors (Lipinski definition) is 2. The van der Waals surface area contributed by atoms with Crippen molar-refractivity contribution in [2.75, 3.05) is 38.3 Å². The van der Waals surface area contributed by atoms with E-state index in [1.807, 2.05) is 18.4 Å². The first-order valence-electron chi connectivity index (χ1n) is 10.7. The summed E-state index contributed by atoms with van der Waals surface area (Å²) in [7, 11) is 2.04. The molecule has 0 atom stereocenters. The van der Waals surface area contributed by atoms with Crippen molar-refractivity contribution >= 4 is 23.5 Å². The number of ether oxygens (including phenoxy) is 1. The minimum Gasteiger partial charge on any atom is -0.483 e. The third kappa shape index (κ3) is 5.05. The molecule has 5 nitrogen and oxygen atoms in total. The van der Waals surface area contributed by atoms with E-state index >= 15 is 0 Å². The lowest BCUT2D eigenvalue weighted by Crippen LogP contribution is -2.36. The summed E-state index contributed by atoms with van der Waals surface area (Å²) in [5.74, 6) is 0. The standard InChI is InChI=1S/C23H32N2OS.CH2O2/c1-16-20-14-23(2,3)8-7-21(20)27-22(16)19-6-5-18(13-17(19)15-24-4)25-9-11-26-12-10-25;2-1-3/h5-6,13,24H,7-12,14-15H2,1-4H3;1H,(H,2,3). The number of benzene rings is 1. The van der Waals surface area contributed by atoms with Crippen LogP contribution in [0.25, 0.3) is 10.4 Å². The number of rotatable bonds is 4. The minimum atomic E-state index is -0.250. The van der Waals surface area contributed by atoms with Gasteiger partial charge in [0.25, 0.3) is 6.47 Å². The van der Waals surface area contributed by atoms with Crippen LogP contribution in [-0.2, 0) is 28.9 Å². The van der Waals surface area contributed by atoms with E-state index in [0.29, 0.717) is 5.41 Å². The molecule has 2 aromatic rings. The van der Waals surface area contributed by atoms with E-state index in [4.69, 9.17) is 14.6 Å². The van der Waals surface area contributed by atoms with Gasteiger partial charge in [-0.05, 0) is 73.0 Å². The lowest BCUT2D eigenvalue weighted by Gasteiger charge is -2.30. The zero-order valence-electron chi connectivity index (χ0n) is 18.6. The maximum Gasteiger partial charge on any atom is 0.290 e. The molecule has 1 saturated heterocycles. The molecule has 0 radical (unpaired) electrons. The first-order chi connectivity index (χ1) is 14.4. The summed E-state index contributed by atoms with van der Waals surface area (Å²) in [6.07, 6.45) is 3.76. The van der Waals surface area contributed by atoms with Gasteiger partial charge in [0.1, 0.15) is 0 Å². The molecular weight excluding hydrogens is 396 g/mol. The molecule has 1 aromatic heterocycles. The van der Waals surface area contributed by atoms with Crippen LogP contribution in [0.2, 0.25) is 0 Å². The molecule has 0 spiro atoms. The van der Waals surface area contributed by atoms with Crippen LogP contribution >= 0.6 is 11.3 Å². The van der Waals surface area contributed by atoms with E-state index in [-0.39, 0.29) is 6.47 Å². The molecule has 2 N–H and O–H groups in total. The average Bonchev–Trinajstić information content (AvgIpc) is 3.04. The van der Waals surface area contributed by atoms with Gasteiger partial charge in [-0.25, -0.2) is 0 Å². The van der Waals surface area contributed by atoms with Crippen LogP contribution in [0.4, 0.5) is 5.69 Å². The Bertz CT molecular complexity index is 870. The lowest BCUT2D eigenvalue weighted by molar-refractivity contribution is -0.122. The topological polar surface area (TPSA) is 61.8 Å². The van der Waals surface area contributed by atoms with Gasteiger partial charge in [0.05, 0.1) is 13.2 Å². The van der Waals surface area contributed by atoms with E-state index in [2.05, 4.69) is 49.2 Å². The molecule has 0 saturated carbocycles. The number of anilines is 1. The molecule has 6 heteroatoms. The number of nitrogens with zero attached hydrogens (tertiary/aromatic N) is 1. The highest BCUT2D eigenvalue weighted by Crippen LogP contribution is 2.45. The Kier molecular flexibility index (Phi) is 7.55. The van der Waals surface area contributed by atoms with Gasteiger partial charge in [-0.2, -0.15) is 0 Å². The molecule has 0 amide bonds. The second kappa shape index (κ2) is 9.94. The second-order valence-corrected chi connectivity index (χ2v) is 9.98. The Morgan fingerprint density at radius 3 is 2.67 bits per heavy atom. The molecule has 1 fully saturated rings. The van der Waals surface area contributed by atoms with E-state index < -0.39 is 0 Å². The fraction of sp³-hybridized carbons (Fsp3) is 0.542. The zero-order chi connectivity index (χ0) is 21.7. The monoisotopic (exact) mass is 430 g/mol. The predicted octanol–water partition coefficient (Wildman–Crippen LogP) is 4.50. The molecule has 1 aliphatic carbocycles. The van der Waals surface area contributed by atoms with Crippen molar-refractivity contribution in [3.05, 3.63) is 39.8 Å². The van der Waals surface area contributed by atoms with Crippen LogP contribution in [0.3, 0.4) is 0 Å². The first-order valence-corrected chi connectivity index (χ1v) is 11.5. The summed E-state index contributed by atoms with van der Waals surface area (Å²) >= 11 is 2.04. The Hall–Kier alpha value is -1.89. The van der Waals surface area contributed by atoms with Crippen molar-refractivity contribution in [2.24, 2.45) is 5.41 Å². The summed E-state index contributed by atoms with van der Waals surface area (Å²) in [6, 6.07) is 7.05. The van der Waals surface area contributed by atoms with Gasteiger partial charge in [0.15, 0.2) is 0 Å². The van der Waals surface area contributed by atoms with Crippen molar-refractivity contribution in [3.63, 3.8) is 0 Å². The van der Waals surface area contributed by atoms with Crippen LogP contribution < -0.4 is 10.2 Å². The quantitative estimate of drug-likeness (QED) is 0.700. The van der Waals surface area contributed by atoms with Crippen LogP contribution in [0, 0.1) is 12.3 Å². The molecule has 164 valence electrons. The largest absolute Gasteiger partial charge is 0.483 e. The third-order valence-electron chi connectivity index (χ3n) is 6.12. The number of fused-ring (bicyclic) bond motifs is 1. The minimum absolute atomic E-state index is 0.250. The Balaban J connectivity index is 0.000000806. The average molecular weight is 431 g/mol. The zero-order valence-corrected chi connectivity index (χ0v) is 19.4. The summed E-state index contributed by atoms with van der Waals surface area (Å²) in [4.78, 5) is 13.9. The molecule has 1 aliphatic heterocycles. The van der Waals surface area contributed by atoms with Crippen molar-refractivity contribution in [1.29, 1.82) is 0 Å². The lowest BCUT2D eigenvalue weighted by atomic mass is 9.76. The summed E-state index contributed by atoms with van der Waals surface area (Å²) in [6.45, 7) is 11.4. The smallest absolute Gasteiger partial charge is 0.290 e. The van der Waals surface area contributed by atoms with Crippen LogP contribution in [0.1, 0.15) is 41.8 Å². The molecule has 30 heavy (non-hydrogen) atoms. The number of nitrogens with one attached hydrogen (secondary N) is 1. The third-order valence-corrected chi connectivity index (χ3v) is 7.54. The maximum absolute atomic E-state index is 8.36. The van der Waals surface area contributed by atoms with Gasteiger partial charge >= 0.3 is 0 Å². The van der Waals surface area contributed by atoms with E-state index in [0.717, 1.165) is 32.8 Å². The Labute approximate surface area is 184 Å². The van der Waals surface area contributed by atoms with E-state index in [1.165, 1.54) is 46.5 Å². The molecule has 1 aromatic carbocycles. The van der Waals surface area contributed by atoms with E-state index in [9.17, 15) is 0 Å². The number of thiophene rings is 1. The molecule has 0 bridgehead atoms. The predicted molar refractivity (Wildman–Crippen MR) is 125 cm³/mol. The SMILES string of the molecule is CNCc1cc(N2CCOCC2)ccc1-c1sc2c(c1C)CC(C)(C)CC2.O=CO. The van der Waals surface area contributed by atoms with E-state index in [1.54, 1.807) is 10.4 Å². The van der Waals surface area contributed by atoms with Crippen molar-refractivity contribution in [1.82, 2.24) is 5.32 Å². The van der Waals surface area contributed by atoms with Gasteiger partial charge in [-0.15, -0.1) is 11.3 Å². The fourth-order valence-corrected chi connectivity index (χ4v) is 5.86. The van der Waals surface area contributed by atoms with Gasteiger partial charge in [-0.1, -0.05) is 19.9 Å². The number of carbonyl (C=O) groups is 1. The van der Waals surface area contributed by atoms with Crippen LogP contribution in [0.5, 0.6) is 0 Å². The second-order valence-electron chi connectivity index (χ2n) is 8.88. The molecule has 2 aliphatic rings. The Morgan fingerprint density at radius 2 is 2.00 bits per heavy atom. The summed E-state index contributed by atoms with van der Waals surface area (Å²) in [5.41, 5.74) is 7.72. The highest BCUT2D eigenvalue weighted by molar-refractivity contribution is 7.16. The van der Waals surface area contributed by atoms with Crippen LogP contribution in [-0.4, -0.2) is 44.9 Å². The first kappa shape index (κ1) is 22.8. The van der Waals surface area contributed by atoms with Crippen molar-refractivity contribution in [3.8, 4) is 10.4 Å². The fourth-order valence-electron chi connectivity index (χ4n) is 4.47. The summed E-state index contributed by atoms with van der Waals surface area (Å²) < 4.78 is 5.52. The highest BCUT2D eigenvalue weighted by atomic mass is 32.1. The molecule has 4 rings (SSSR count). The van der Waals surface area contributed by atoms with Crippen molar-refractivity contribution in [2.45, 2.75) is 46.6 Å². The van der Waals surface area contributed by atoms with Gasteiger partial charge in [0.2, 0.25) is 0 Å². The van der Waals surface area contributed by atoms with Crippen LogP contribution in [0.15, 0.2) is 18.2 Å². The maximum atomic E-state index is 8.36. The Morgan fingerprint density at radius 1 is 1.30 bits per heavy atom. The molecule has 0 unspecified atom stereocenters. The van der Waals surface area contributed by atoms with Gasteiger partial charge < -0.3 is 20.1 Å².